The zero-order valence-corrected chi connectivity index (χ0v) is 12.4. The number of halogens is 1. The van der Waals surface area contributed by atoms with E-state index in [9.17, 15) is 5.11 Å². The Labute approximate surface area is 113 Å². The fraction of sp³-hybridized carbons (Fsp3) is 0.571. The largest absolute Gasteiger partial charge is 0.387 e. The normalized spacial score (nSPS) is 16.5. The molecular weight excluding hydrogens is 278 g/mol. The number of hydrogen-bond acceptors (Lipinski definition) is 2. The summed E-state index contributed by atoms with van der Waals surface area (Å²) in [4.78, 5) is 0. The van der Waals surface area contributed by atoms with E-state index in [2.05, 4.69) is 42.0 Å². The lowest BCUT2D eigenvalue weighted by atomic mass is 10.0. The summed E-state index contributed by atoms with van der Waals surface area (Å²) in [6.45, 7) is 7.18. The standard InChI is InChI=1S/C14H22BrNO/c1-4-10(2)11(3)16-9-14(17)12-6-5-7-13(15)8-12/h5-8,10-11,14,16-17H,4,9H2,1-3H3. The highest BCUT2D eigenvalue weighted by atomic mass is 79.9. The fourth-order valence-electron chi connectivity index (χ4n) is 1.68. The van der Waals surface area contributed by atoms with Crippen molar-refractivity contribution in [3.63, 3.8) is 0 Å². The molecule has 2 N–H and O–H groups in total. The van der Waals surface area contributed by atoms with Crippen LogP contribution in [0.1, 0.15) is 38.9 Å². The molecule has 0 radical (unpaired) electrons. The maximum absolute atomic E-state index is 10.1. The molecule has 0 saturated heterocycles. The summed E-state index contributed by atoms with van der Waals surface area (Å²) in [5.41, 5.74) is 0.947. The van der Waals surface area contributed by atoms with Gasteiger partial charge in [0.25, 0.3) is 0 Å². The highest BCUT2D eigenvalue weighted by molar-refractivity contribution is 9.10. The second-order valence-electron chi connectivity index (χ2n) is 4.65. The van der Waals surface area contributed by atoms with Crippen LogP contribution in [0.4, 0.5) is 0 Å². The van der Waals surface area contributed by atoms with Gasteiger partial charge < -0.3 is 10.4 Å². The molecule has 0 saturated carbocycles. The number of nitrogens with one attached hydrogen (secondary N) is 1. The lowest BCUT2D eigenvalue weighted by Crippen LogP contribution is -2.34. The molecular formula is C14H22BrNO. The van der Waals surface area contributed by atoms with Gasteiger partial charge in [-0.1, -0.05) is 48.3 Å². The lowest BCUT2D eigenvalue weighted by molar-refractivity contribution is 0.166. The molecule has 96 valence electrons. The first-order valence-corrected chi connectivity index (χ1v) is 7.00. The molecule has 3 heteroatoms. The first-order valence-electron chi connectivity index (χ1n) is 6.21. The molecule has 0 fully saturated rings. The van der Waals surface area contributed by atoms with Crippen molar-refractivity contribution in [3.05, 3.63) is 34.3 Å². The molecule has 0 spiro atoms. The van der Waals surface area contributed by atoms with Crippen LogP contribution < -0.4 is 5.32 Å². The second-order valence-corrected chi connectivity index (χ2v) is 5.57. The van der Waals surface area contributed by atoms with Gasteiger partial charge in [0, 0.05) is 17.1 Å². The molecule has 1 rings (SSSR count). The van der Waals surface area contributed by atoms with E-state index in [1.165, 1.54) is 0 Å². The van der Waals surface area contributed by atoms with Crippen LogP contribution >= 0.6 is 15.9 Å². The van der Waals surface area contributed by atoms with Gasteiger partial charge >= 0.3 is 0 Å². The zero-order valence-electron chi connectivity index (χ0n) is 10.8. The number of rotatable bonds is 6. The van der Waals surface area contributed by atoms with Crippen molar-refractivity contribution in [3.8, 4) is 0 Å². The van der Waals surface area contributed by atoms with Gasteiger partial charge in [-0.3, -0.25) is 0 Å². The molecule has 0 amide bonds. The molecule has 3 atom stereocenters. The van der Waals surface area contributed by atoms with E-state index in [0.29, 0.717) is 18.5 Å². The smallest absolute Gasteiger partial charge is 0.0914 e. The minimum atomic E-state index is -0.445. The van der Waals surface area contributed by atoms with E-state index in [1.807, 2.05) is 24.3 Å². The third kappa shape index (κ3) is 4.78. The van der Waals surface area contributed by atoms with Crippen LogP contribution in [-0.4, -0.2) is 17.7 Å². The van der Waals surface area contributed by atoms with Crippen LogP contribution in [-0.2, 0) is 0 Å². The van der Waals surface area contributed by atoms with Gasteiger partial charge in [-0.2, -0.15) is 0 Å². The quantitative estimate of drug-likeness (QED) is 0.842. The van der Waals surface area contributed by atoms with Crippen molar-refractivity contribution in [2.75, 3.05) is 6.54 Å². The van der Waals surface area contributed by atoms with Crippen molar-refractivity contribution in [1.82, 2.24) is 5.32 Å². The average molecular weight is 300 g/mol. The van der Waals surface area contributed by atoms with Crippen molar-refractivity contribution in [1.29, 1.82) is 0 Å². The highest BCUT2D eigenvalue weighted by Gasteiger charge is 2.13. The summed E-state index contributed by atoms with van der Waals surface area (Å²) in [6.07, 6.45) is 0.709. The Bertz CT molecular complexity index is 343. The van der Waals surface area contributed by atoms with Crippen molar-refractivity contribution >= 4 is 15.9 Å². The molecule has 17 heavy (non-hydrogen) atoms. The van der Waals surface area contributed by atoms with E-state index in [1.54, 1.807) is 0 Å². The molecule has 0 bridgehead atoms. The Morgan fingerprint density at radius 1 is 1.35 bits per heavy atom. The van der Waals surface area contributed by atoms with Crippen molar-refractivity contribution < 1.29 is 5.11 Å². The van der Waals surface area contributed by atoms with Gasteiger partial charge in [0.05, 0.1) is 6.10 Å². The number of aliphatic hydroxyl groups excluding tert-OH is 1. The monoisotopic (exact) mass is 299 g/mol. The topological polar surface area (TPSA) is 32.3 Å². The Morgan fingerprint density at radius 3 is 2.65 bits per heavy atom. The first kappa shape index (κ1) is 14.7. The molecule has 3 unspecified atom stereocenters. The number of hydrogen-bond donors (Lipinski definition) is 2. The molecule has 0 aliphatic heterocycles. The lowest BCUT2D eigenvalue weighted by Gasteiger charge is -2.22. The zero-order chi connectivity index (χ0) is 12.8. The minimum Gasteiger partial charge on any atom is -0.387 e. The van der Waals surface area contributed by atoms with E-state index < -0.39 is 6.10 Å². The third-order valence-electron chi connectivity index (χ3n) is 3.36. The molecule has 1 aromatic rings. The van der Waals surface area contributed by atoms with E-state index in [4.69, 9.17) is 0 Å². The summed E-state index contributed by atoms with van der Waals surface area (Å²) >= 11 is 3.41. The third-order valence-corrected chi connectivity index (χ3v) is 3.86. The second kappa shape index (κ2) is 7.14. The number of benzene rings is 1. The first-order chi connectivity index (χ1) is 8.04. The van der Waals surface area contributed by atoms with Crippen LogP contribution in [0.25, 0.3) is 0 Å². The van der Waals surface area contributed by atoms with Crippen LogP contribution in [0.3, 0.4) is 0 Å². The Hall–Kier alpha value is -0.380. The van der Waals surface area contributed by atoms with Crippen LogP contribution in [0.5, 0.6) is 0 Å². The van der Waals surface area contributed by atoms with Gasteiger partial charge in [-0.25, -0.2) is 0 Å². The summed E-state index contributed by atoms with van der Waals surface area (Å²) in [7, 11) is 0. The maximum atomic E-state index is 10.1. The summed E-state index contributed by atoms with van der Waals surface area (Å²) in [5, 5.41) is 13.5. The van der Waals surface area contributed by atoms with Gasteiger partial charge in [0.15, 0.2) is 0 Å². The van der Waals surface area contributed by atoms with E-state index in [-0.39, 0.29) is 0 Å². The van der Waals surface area contributed by atoms with E-state index in [0.717, 1.165) is 16.5 Å². The minimum absolute atomic E-state index is 0.432. The molecule has 0 aromatic heterocycles. The van der Waals surface area contributed by atoms with Crippen LogP contribution in [0, 0.1) is 5.92 Å². The Kier molecular flexibility index (Phi) is 6.17. The summed E-state index contributed by atoms with van der Waals surface area (Å²) in [6, 6.07) is 8.25. The number of aliphatic hydroxyl groups is 1. The van der Waals surface area contributed by atoms with Gasteiger partial charge in [-0.15, -0.1) is 0 Å². The average Bonchev–Trinajstić information content (AvgIpc) is 2.34. The van der Waals surface area contributed by atoms with Crippen molar-refractivity contribution in [2.24, 2.45) is 5.92 Å². The van der Waals surface area contributed by atoms with Crippen LogP contribution in [0.15, 0.2) is 28.7 Å². The van der Waals surface area contributed by atoms with Gasteiger partial charge in [0.2, 0.25) is 0 Å². The SMILES string of the molecule is CCC(C)C(C)NCC(O)c1cccc(Br)c1. The Morgan fingerprint density at radius 2 is 2.06 bits per heavy atom. The van der Waals surface area contributed by atoms with Gasteiger partial charge in [0.1, 0.15) is 0 Å². The molecule has 1 aromatic carbocycles. The fourth-order valence-corrected chi connectivity index (χ4v) is 2.10. The summed E-state index contributed by atoms with van der Waals surface area (Å²) in [5.74, 6) is 0.629. The van der Waals surface area contributed by atoms with Crippen molar-refractivity contribution in [2.45, 2.75) is 39.3 Å². The predicted molar refractivity (Wildman–Crippen MR) is 76.0 cm³/mol. The molecule has 0 heterocycles. The van der Waals surface area contributed by atoms with E-state index >= 15 is 0 Å². The van der Waals surface area contributed by atoms with Crippen LogP contribution in [0.2, 0.25) is 0 Å². The van der Waals surface area contributed by atoms with Gasteiger partial charge in [-0.05, 0) is 30.5 Å². The summed E-state index contributed by atoms with van der Waals surface area (Å²) < 4.78 is 1.00. The molecule has 0 aliphatic carbocycles. The Balaban J connectivity index is 2.47. The molecule has 0 aliphatic rings. The predicted octanol–water partition coefficient (Wildman–Crippen LogP) is 3.51. The highest BCUT2D eigenvalue weighted by Crippen LogP contribution is 2.18. The molecule has 2 nitrogen and oxygen atoms in total. The maximum Gasteiger partial charge on any atom is 0.0914 e.